The number of hydrogen-bond donors (Lipinski definition) is 1. The summed E-state index contributed by atoms with van der Waals surface area (Å²) in [4.78, 5) is 4.21. The quantitative estimate of drug-likeness (QED) is 0.827. The average molecular weight is 340 g/mol. The van der Waals surface area contributed by atoms with E-state index in [1.807, 2.05) is 6.92 Å². The Kier molecular flexibility index (Phi) is 5.27. The molecule has 0 fully saturated rings. The number of rotatable bonds is 7. The van der Waals surface area contributed by atoms with Gasteiger partial charge in [0.15, 0.2) is 5.89 Å². The van der Waals surface area contributed by atoms with Gasteiger partial charge in [-0.15, -0.1) is 0 Å². The van der Waals surface area contributed by atoms with Crippen molar-refractivity contribution in [3.8, 4) is 11.5 Å². The molecule has 1 N–H and O–H groups in total. The van der Waals surface area contributed by atoms with Gasteiger partial charge in [-0.3, -0.25) is 0 Å². The molecule has 0 spiro atoms. The van der Waals surface area contributed by atoms with Crippen LogP contribution in [0.3, 0.4) is 0 Å². The van der Waals surface area contributed by atoms with Crippen LogP contribution in [-0.2, 0) is 16.4 Å². The Balaban J connectivity index is 2.11. The lowest BCUT2D eigenvalue weighted by Gasteiger charge is -2.11. The molecule has 2 aromatic rings. The van der Waals surface area contributed by atoms with Crippen LogP contribution in [0.15, 0.2) is 27.5 Å². The fraction of sp³-hybridized carbons (Fsp3) is 0.400. The third-order valence-corrected chi connectivity index (χ3v) is 4.80. The van der Waals surface area contributed by atoms with Crippen molar-refractivity contribution in [3.05, 3.63) is 35.5 Å². The first-order valence-electron chi connectivity index (χ1n) is 7.02. The van der Waals surface area contributed by atoms with Crippen LogP contribution in [0.2, 0.25) is 0 Å². The van der Waals surface area contributed by atoms with Gasteiger partial charge in [0, 0.05) is 26.0 Å². The SMILES string of the molecule is COc1ccc(S(=O)(=O)NCCc2oc(C)nc2C)c(OC)c1. The minimum atomic E-state index is -3.70. The molecule has 0 bridgehead atoms. The molecule has 0 radical (unpaired) electrons. The van der Waals surface area contributed by atoms with Gasteiger partial charge in [-0.1, -0.05) is 0 Å². The first-order valence-corrected chi connectivity index (χ1v) is 8.50. The minimum absolute atomic E-state index is 0.0614. The number of nitrogens with one attached hydrogen (secondary N) is 1. The number of aromatic nitrogens is 1. The van der Waals surface area contributed by atoms with Gasteiger partial charge >= 0.3 is 0 Å². The Morgan fingerprint density at radius 1 is 1.22 bits per heavy atom. The molecular formula is C15H20N2O5S. The highest BCUT2D eigenvalue weighted by Gasteiger charge is 2.20. The van der Waals surface area contributed by atoms with E-state index >= 15 is 0 Å². The van der Waals surface area contributed by atoms with Crippen molar-refractivity contribution in [2.75, 3.05) is 20.8 Å². The molecule has 8 heteroatoms. The highest BCUT2D eigenvalue weighted by molar-refractivity contribution is 7.89. The monoisotopic (exact) mass is 340 g/mol. The minimum Gasteiger partial charge on any atom is -0.497 e. The number of oxazole rings is 1. The van der Waals surface area contributed by atoms with E-state index in [9.17, 15) is 8.42 Å². The number of sulfonamides is 1. The molecule has 0 amide bonds. The van der Waals surface area contributed by atoms with Crippen molar-refractivity contribution >= 4 is 10.0 Å². The van der Waals surface area contributed by atoms with E-state index in [2.05, 4.69) is 9.71 Å². The molecule has 0 unspecified atom stereocenters. The molecule has 7 nitrogen and oxygen atoms in total. The predicted molar refractivity (Wildman–Crippen MR) is 84.4 cm³/mol. The zero-order valence-electron chi connectivity index (χ0n) is 13.5. The van der Waals surface area contributed by atoms with Crippen LogP contribution in [0.4, 0.5) is 0 Å². The largest absolute Gasteiger partial charge is 0.497 e. The fourth-order valence-electron chi connectivity index (χ4n) is 2.18. The third kappa shape index (κ3) is 4.02. The van der Waals surface area contributed by atoms with Crippen molar-refractivity contribution in [1.82, 2.24) is 9.71 Å². The number of benzene rings is 1. The molecule has 0 aliphatic carbocycles. The van der Waals surface area contributed by atoms with Gasteiger partial charge in [-0.25, -0.2) is 18.1 Å². The molecule has 126 valence electrons. The zero-order chi connectivity index (χ0) is 17.0. The maximum atomic E-state index is 12.4. The Hall–Kier alpha value is -2.06. The Morgan fingerprint density at radius 2 is 1.96 bits per heavy atom. The van der Waals surface area contributed by atoms with Crippen molar-refractivity contribution in [1.29, 1.82) is 0 Å². The molecule has 0 atom stereocenters. The zero-order valence-corrected chi connectivity index (χ0v) is 14.4. The molecular weight excluding hydrogens is 320 g/mol. The highest BCUT2D eigenvalue weighted by atomic mass is 32.2. The summed E-state index contributed by atoms with van der Waals surface area (Å²) in [6, 6.07) is 4.55. The van der Waals surface area contributed by atoms with E-state index in [-0.39, 0.29) is 17.2 Å². The van der Waals surface area contributed by atoms with Crippen LogP contribution in [0.25, 0.3) is 0 Å². The lowest BCUT2D eigenvalue weighted by molar-refractivity contribution is 0.386. The second-order valence-corrected chi connectivity index (χ2v) is 6.64. The van der Waals surface area contributed by atoms with E-state index in [4.69, 9.17) is 13.9 Å². The summed E-state index contributed by atoms with van der Waals surface area (Å²) in [5.74, 6) is 1.99. The Labute approximate surface area is 135 Å². The summed E-state index contributed by atoms with van der Waals surface area (Å²) in [7, 11) is -0.783. The van der Waals surface area contributed by atoms with Crippen LogP contribution >= 0.6 is 0 Å². The maximum absolute atomic E-state index is 12.4. The van der Waals surface area contributed by atoms with Crippen LogP contribution in [-0.4, -0.2) is 34.2 Å². The molecule has 1 heterocycles. The van der Waals surface area contributed by atoms with Gasteiger partial charge in [0.2, 0.25) is 10.0 Å². The lowest BCUT2D eigenvalue weighted by atomic mass is 10.3. The average Bonchev–Trinajstić information content (AvgIpc) is 2.84. The van der Waals surface area contributed by atoms with Gasteiger partial charge in [0.05, 0.1) is 19.9 Å². The van der Waals surface area contributed by atoms with Gasteiger partial charge < -0.3 is 13.9 Å². The normalized spacial score (nSPS) is 11.5. The van der Waals surface area contributed by atoms with Gasteiger partial charge in [0.25, 0.3) is 0 Å². The second-order valence-electron chi connectivity index (χ2n) is 4.91. The molecule has 0 aliphatic rings. The van der Waals surface area contributed by atoms with Gasteiger partial charge in [-0.2, -0.15) is 0 Å². The second kappa shape index (κ2) is 7.01. The number of hydrogen-bond acceptors (Lipinski definition) is 6. The molecule has 0 aliphatic heterocycles. The van der Waals surface area contributed by atoms with Crippen molar-refractivity contribution in [2.24, 2.45) is 0 Å². The van der Waals surface area contributed by atoms with E-state index in [1.54, 1.807) is 13.0 Å². The Morgan fingerprint density at radius 3 is 2.52 bits per heavy atom. The van der Waals surface area contributed by atoms with Crippen LogP contribution in [0.1, 0.15) is 17.3 Å². The number of ether oxygens (including phenoxy) is 2. The topological polar surface area (TPSA) is 90.7 Å². The van der Waals surface area contributed by atoms with Crippen LogP contribution < -0.4 is 14.2 Å². The molecule has 23 heavy (non-hydrogen) atoms. The standard InChI is InChI=1S/C15H20N2O5S/c1-10-13(22-11(2)17-10)7-8-16-23(18,19)15-6-5-12(20-3)9-14(15)21-4/h5-6,9,16H,7-8H2,1-4H3. The Bertz CT molecular complexity index is 783. The fourth-order valence-corrected chi connectivity index (χ4v) is 3.36. The summed E-state index contributed by atoms with van der Waals surface area (Å²) in [5.41, 5.74) is 0.767. The summed E-state index contributed by atoms with van der Waals surface area (Å²) < 4.78 is 43.0. The number of nitrogens with zero attached hydrogens (tertiary/aromatic N) is 1. The first-order chi connectivity index (χ1) is 10.9. The summed E-state index contributed by atoms with van der Waals surface area (Å²) in [6.07, 6.45) is 0.421. The van der Waals surface area contributed by atoms with Gasteiger partial charge in [-0.05, 0) is 19.1 Å². The molecule has 0 saturated heterocycles. The third-order valence-electron chi connectivity index (χ3n) is 3.30. The number of aryl methyl sites for hydroxylation is 2. The molecule has 2 rings (SSSR count). The van der Waals surface area contributed by atoms with E-state index in [0.717, 1.165) is 5.69 Å². The van der Waals surface area contributed by atoms with Crippen molar-refractivity contribution in [3.63, 3.8) is 0 Å². The highest BCUT2D eigenvalue weighted by Crippen LogP contribution is 2.28. The van der Waals surface area contributed by atoms with E-state index < -0.39 is 10.0 Å². The molecule has 1 aromatic carbocycles. The maximum Gasteiger partial charge on any atom is 0.244 e. The van der Waals surface area contributed by atoms with Crippen molar-refractivity contribution in [2.45, 2.75) is 25.2 Å². The summed E-state index contributed by atoms with van der Waals surface area (Å²) in [5, 5.41) is 0. The van der Waals surface area contributed by atoms with E-state index in [0.29, 0.717) is 23.8 Å². The number of methoxy groups -OCH3 is 2. The molecule has 1 aromatic heterocycles. The van der Waals surface area contributed by atoms with Crippen LogP contribution in [0, 0.1) is 13.8 Å². The smallest absolute Gasteiger partial charge is 0.244 e. The van der Waals surface area contributed by atoms with E-state index in [1.165, 1.54) is 26.4 Å². The van der Waals surface area contributed by atoms with Gasteiger partial charge in [0.1, 0.15) is 22.2 Å². The molecule has 0 saturated carbocycles. The summed E-state index contributed by atoms with van der Waals surface area (Å²) in [6.45, 7) is 3.78. The first kappa shape index (κ1) is 17.3. The predicted octanol–water partition coefficient (Wildman–Crippen LogP) is 1.83. The van der Waals surface area contributed by atoms with Crippen LogP contribution in [0.5, 0.6) is 11.5 Å². The van der Waals surface area contributed by atoms with Crippen molar-refractivity contribution < 1.29 is 22.3 Å². The summed E-state index contributed by atoms with van der Waals surface area (Å²) >= 11 is 0. The lowest BCUT2D eigenvalue weighted by Crippen LogP contribution is -2.26.